The van der Waals surface area contributed by atoms with Crippen LogP contribution in [-0.4, -0.2) is 11.5 Å². The number of aryl methyl sites for hydroxylation is 2. The predicted molar refractivity (Wildman–Crippen MR) is 80.2 cm³/mol. The lowest BCUT2D eigenvalue weighted by Crippen LogP contribution is -2.23. The lowest BCUT2D eigenvalue weighted by atomic mass is 9.98. The zero-order chi connectivity index (χ0) is 14.5. The van der Waals surface area contributed by atoms with Crippen LogP contribution in [0.25, 0.3) is 0 Å². The quantitative estimate of drug-likeness (QED) is 0.897. The molecule has 20 heavy (non-hydrogen) atoms. The molecular weight excluding hydrogens is 251 g/mol. The number of nitrogens with zero attached hydrogens (tertiary/aromatic N) is 1. The Hall–Kier alpha value is -1.74. The summed E-state index contributed by atoms with van der Waals surface area (Å²) in [5, 5.41) is 3.47. The third kappa shape index (κ3) is 3.87. The molecule has 0 fully saturated rings. The van der Waals surface area contributed by atoms with Crippen LogP contribution in [0.3, 0.4) is 0 Å². The van der Waals surface area contributed by atoms with Crippen LogP contribution in [-0.2, 0) is 6.42 Å². The Kier molecular flexibility index (Phi) is 4.85. The van der Waals surface area contributed by atoms with E-state index in [0.717, 1.165) is 29.9 Å². The molecule has 106 valence electrons. The van der Waals surface area contributed by atoms with Gasteiger partial charge in [0.15, 0.2) is 0 Å². The standard InChI is InChI=1S/C17H21FN2/c1-4-19-17(11-14-6-5-7-16(18)10-14)15-8-12(2)20-13(3)9-15/h5-10,17,19H,4,11H2,1-3H3. The number of hydrogen-bond donors (Lipinski definition) is 1. The van der Waals surface area contributed by atoms with Gasteiger partial charge < -0.3 is 5.32 Å². The van der Waals surface area contributed by atoms with Crippen molar-refractivity contribution in [3.8, 4) is 0 Å². The Labute approximate surface area is 120 Å². The van der Waals surface area contributed by atoms with Crippen molar-refractivity contribution in [3.05, 3.63) is 64.7 Å². The first kappa shape index (κ1) is 14.7. The van der Waals surface area contributed by atoms with E-state index in [0.29, 0.717) is 0 Å². The number of benzene rings is 1. The summed E-state index contributed by atoms with van der Waals surface area (Å²) in [6.45, 7) is 6.96. The highest BCUT2D eigenvalue weighted by Gasteiger charge is 2.12. The number of pyridine rings is 1. The maximum atomic E-state index is 13.3. The van der Waals surface area contributed by atoms with Gasteiger partial charge in [-0.05, 0) is 62.2 Å². The van der Waals surface area contributed by atoms with Gasteiger partial charge in [-0.15, -0.1) is 0 Å². The molecule has 1 heterocycles. The van der Waals surface area contributed by atoms with Gasteiger partial charge in [0.1, 0.15) is 5.82 Å². The van der Waals surface area contributed by atoms with Crippen molar-refractivity contribution in [3.63, 3.8) is 0 Å². The average molecular weight is 272 g/mol. The number of aromatic nitrogens is 1. The zero-order valence-corrected chi connectivity index (χ0v) is 12.3. The zero-order valence-electron chi connectivity index (χ0n) is 12.3. The van der Waals surface area contributed by atoms with Gasteiger partial charge in [-0.2, -0.15) is 0 Å². The van der Waals surface area contributed by atoms with Crippen LogP contribution >= 0.6 is 0 Å². The van der Waals surface area contributed by atoms with Gasteiger partial charge in [-0.3, -0.25) is 4.98 Å². The molecule has 0 amide bonds. The third-order valence-corrected chi connectivity index (χ3v) is 3.29. The molecule has 1 aromatic heterocycles. The number of halogens is 1. The Morgan fingerprint density at radius 2 is 1.85 bits per heavy atom. The van der Waals surface area contributed by atoms with E-state index in [9.17, 15) is 4.39 Å². The minimum Gasteiger partial charge on any atom is -0.310 e. The van der Waals surface area contributed by atoms with E-state index in [1.807, 2.05) is 19.9 Å². The summed E-state index contributed by atoms with van der Waals surface area (Å²) in [5.41, 5.74) is 4.24. The molecule has 0 aliphatic heterocycles. The summed E-state index contributed by atoms with van der Waals surface area (Å²) in [4.78, 5) is 4.41. The van der Waals surface area contributed by atoms with E-state index >= 15 is 0 Å². The topological polar surface area (TPSA) is 24.9 Å². The van der Waals surface area contributed by atoms with E-state index in [4.69, 9.17) is 0 Å². The number of nitrogens with one attached hydrogen (secondary N) is 1. The minimum absolute atomic E-state index is 0.181. The minimum atomic E-state index is -0.181. The van der Waals surface area contributed by atoms with Gasteiger partial charge in [0.2, 0.25) is 0 Å². The lowest BCUT2D eigenvalue weighted by molar-refractivity contribution is 0.545. The van der Waals surface area contributed by atoms with Crippen LogP contribution in [0.4, 0.5) is 4.39 Å². The molecule has 2 rings (SSSR count). The van der Waals surface area contributed by atoms with Gasteiger partial charge in [-0.25, -0.2) is 4.39 Å². The largest absolute Gasteiger partial charge is 0.310 e. The maximum absolute atomic E-state index is 13.3. The predicted octanol–water partition coefficient (Wildman–Crippen LogP) is 3.73. The fourth-order valence-corrected chi connectivity index (χ4v) is 2.52. The summed E-state index contributed by atoms with van der Waals surface area (Å²) in [5.74, 6) is -0.181. The monoisotopic (exact) mass is 272 g/mol. The SMILES string of the molecule is CCNC(Cc1cccc(F)c1)c1cc(C)nc(C)c1. The normalized spacial score (nSPS) is 12.4. The van der Waals surface area contributed by atoms with Crippen LogP contribution in [0.1, 0.15) is 35.5 Å². The molecule has 2 nitrogen and oxygen atoms in total. The van der Waals surface area contributed by atoms with Crippen molar-refractivity contribution in [1.29, 1.82) is 0 Å². The van der Waals surface area contributed by atoms with E-state index in [1.54, 1.807) is 12.1 Å². The summed E-state index contributed by atoms with van der Waals surface area (Å²) < 4.78 is 13.3. The molecule has 0 spiro atoms. The van der Waals surface area contributed by atoms with Crippen molar-refractivity contribution in [2.24, 2.45) is 0 Å². The van der Waals surface area contributed by atoms with E-state index in [2.05, 4.69) is 29.4 Å². The molecule has 2 aromatic rings. The molecule has 3 heteroatoms. The highest BCUT2D eigenvalue weighted by Crippen LogP contribution is 2.20. The summed E-state index contributed by atoms with van der Waals surface area (Å²) in [6.07, 6.45) is 0.772. The van der Waals surface area contributed by atoms with Crippen LogP contribution < -0.4 is 5.32 Å². The van der Waals surface area contributed by atoms with Crippen molar-refractivity contribution in [2.75, 3.05) is 6.54 Å². The lowest BCUT2D eigenvalue weighted by Gasteiger charge is -2.19. The van der Waals surface area contributed by atoms with E-state index in [1.165, 1.54) is 11.6 Å². The van der Waals surface area contributed by atoms with Crippen molar-refractivity contribution < 1.29 is 4.39 Å². The van der Waals surface area contributed by atoms with E-state index < -0.39 is 0 Å². The van der Waals surface area contributed by atoms with Crippen molar-refractivity contribution in [2.45, 2.75) is 33.2 Å². The molecule has 1 aromatic carbocycles. The number of hydrogen-bond acceptors (Lipinski definition) is 2. The third-order valence-electron chi connectivity index (χ3n) is 3.29. The molecule has 0 bridgehead atoms. The summed E-state index contributed by atoms with van der Waals surface area (Å²) >= 11 is 0. The molecule has 0 aliphatic rings. The molecule has 0 aliphatic carbocycles. The van der Waals surface area contributed by atoms with Crippen molar-refractivity contribution >= 4 is 0 Å². The second-order valence-corrected chi connectivity index (χ2v) is 5.13. The Morgan fingerprint density at radius 1 is 1.15 bits per heavy atom. The van der Waals surface area contributed by atoms with Crippen LogP contribution in [0, 0.1) is 19.7 Å². The Morgan fingerprint density at radius 3 is 2.45 bits per heavy atom. The number of rotatable bonds is 5. The number of likely N-dealkylation sites (N-methyl/N-ethyl adjacent to an activating group) is 1. The van der Waals surface area contributed by atoms with Crippen LogP contribution in [0.2, 0.25) is 0 Å². The Bertz CT molecular complexity index is 561. The molecule has 1 atom stereocenters. The Balaban J connectivity index is 2.26. The second-order valence-electron chi connectivity index (χ2n) is 5.13. The fourth-order valence-electron chi connectivity index (χ4n) is 2.52. The average Bonchev–Trinajstić information content (AvgIpc) is 2.37. The molecule has 1 unspecified atom stereocenters. The molecule has 0 saturated carbocycles. The van der Waals surface area contributed by atoms with Gasteiger partial charge in [0, 0.05) is 17.4 Å². The van der Waals surface area contributed by atoms with Gasteiger partial charge >= 0.3 is 0 Å². The molecule has 0 radical (unpaired) electrons. The fraction of sp³-hybridized carbons (Fsp3) is 0.353. The highest BCUT2D eigenvalue weighted by molar-refractivity contribution is 5.27. The summed E-state index contributed by atoms with van der Waals surface area (Å²) in [6, 6.07) is 11.2. The molecule has 1 N–H and O–H groups in total. The molecule has 0 saturated heterocycles. The van der Waals surface area contributed by atoms with Crippen LogP contribution in [0.15, 0.2) is 36.4 Å². The molecular formula is C17H21FN2. The van der Waals surface area contributed by atoms with Gasteiger partial charge in [-0.1, -0.05) is 19.1 Å². The highest BCUT2D eigenvalue weighted by atomic mass is 19.1. The van der Waals surface area contributed by atoms with Crippen molar-refractivity contribution in [1.82, 2.24) is 10.3 Å². The first-order valence-corrected chi connectivity index (χ1v) is 7.01. The second kappa shape index (κ2) is 6.62. The first-order chi connectivity index (χ1) is 9.58. The first-order valence-electron chi connectivity index (χ1n) is 7.01. The van der Waals surface area contributed by atoms with E-state index in [-0.39, 0.29) is 11.9 Å². The maximum Gasteiger partial charge on any atom is 0.123 e. The smallest absolute Gasteiger partial charge is 0.123 e. The summed E-state index contributed by atoms with van der Waals surface area (Å²) in [7, 11) is 0. The van der Waals surface area contributed by atoms with Gasteiger partial charge in [0.05, 0.1) is 0 Å². The van der Waals surface area contributed by atoms with Crippen LogP contribution in [0.5, 0.6) is 0 Å². The van der Waals surface area contributed by atoms with Gasteiger partial charge in [0.25, 0.3) is 0 Å².